The average Bonchev–Trinajstić information content (AvgIpc) is 3.23. The average molecular weight is 683 g/mol. The number of phosphoric acid groups is 5. The van der Waals surface area contributed by atoms with Crippen LogP contribution >= 0.6 is 39.1 Å². The first kappa shape index (κ1) is 33.2. The van der Waals surface area contributed by atoms with Crippen molar-refractivity contribution in [2.24, 2.45) is 0 Å². The van der Waals surface area contributed by atoms with Gasteiger partial charge in [-0.3, -0.25) is 18.9 Å². The fourth-order valence-electron chi connectivity index (χ4n) is 3.00. The summed E-state index contributed by atoms with van der Waals surface area (Å²) in [5.41, 5.74) is 4.18. The van der Waals surface area contributed by atoms with Gasteiger partial charge in [-0.15, -0.1) is 0 Å². The van der Waals surface area contributed by atoms with E-state index < -0.39 is 75.8 Å². The highest BCUT2D eigenvalue weighted by Crippen LogP contribution is 2.74. The molecule has 0 bridgehead atoms. The lowest BCUT2D eigenvalue weighted by Crippen LogP contribution is -2.33. The summed E-state index contributed by atoms with van der Waals surface area (Å²) in [6.07, 6.45) is -6.32. The molecule has 2 aromatic rings. The van der Waals surface area contributed by atoms with Gasteiger partial charge in [-0.2, -0.15) is 22.2 Å². The van der Waals surface area contributed by atoms with Gasteiger partial charge in [0.05, 0.1) is 12.9 Å². The first-order valence-corrected chi connectivity index (χ1v) is 17.1. The van der Waals surface area contributed by atoms with E-state index in [1.807, 2.05) is 0 Å². The number of H-pyrrole nitrogens is 1. The van der Waals surface area contributed by atoms with Gasteiger partial charge in [-0.1, -0.05) is 0 Å². The summed E-state index contributed by atoms with van der Waals surface area (Å²) in [4.78, 5) is 75.4. The Kier molecular flexibility index (Phi) is 9.51. The van der Waals surface area contributed by atoms with E-state index in [0.717, 1.165) is 10.9 Å². The third-order valence-electron chi connectivity index (χ3n) is 4.28. The Morgan fingerprint density at radius 3 is 2.08 bits per heavy atom. The number of aliphatic hydroxyl groups is 2. The van der Waals surface area contributed by atoms with Gasteiger partial charge in [0.2, 0.25) is 5.95 Å². The molecule has 3 rings (SSSR count). The number of rotatable bonds is 12. The molecule has 0 amide bonds. The van der Waals surface area contributed by atoms with Crippen LogP contribution in [-0.4, -0.2) is 84.0 Å². The van der Waals surface area contributed by atoms with Crippen LogP contribution in [-0.2, 0) is 49.3 Å². The van der Waals surface area contributed by atoms with E-state index in [9.17, 15) is 42.7 Å². The Hall–Kier alpha value is -1.26. The molecule has 1 fully saturated rings. The van der Waals surface area contributed by atoms with E-state index in [0.29, 0.717) is 0 Å². The highest BCUT2D eigenvalue weighted by atomic mass is 31.3. The van der Waals surface area contributed by atoms with E-state index in [-0.39, 0.29) is 17.1 Å². The number of anilines is 1. The molecule has 0 aromatic carbocycles. The van der Waals surface area contributed by atoms with Gasteiger partial charge in [-0.25, -0.2) is 27.8 Å². The molecule has 2 aromatic heterocycles. The molecule has 40 heavy (non-hydrogen) atoms. The first-order valence-electron chi connectivity index (χ1n) is 9.60. The summed E-state index contributed by atoms with van der Waals surface area (Å²) in [6.45, 7) is -1.33. The van der Waals surface area contributed by atoms with E-state index in [1.165, 1.54) is 0 Å². The number of nitrogen functional groups attached to an aromatic ring is 1. The molecule has 0 radical (unpaired) electrons. The largest absolute Gasteiger partial charge is 0.492 e. The van der Waals surface area contributed by atoms with Gasteiger partial charge in [0, 0.05) is 0 Å². The number of aliphatic hydroxyl groups excluding tert-OH is 2. The summed E-state index contributed by atoms with van der Waals surface area (Å²) in [5, 5.41) is 20.7. The zero-order valence-corrected chi connectivity index (χ0v) is 23.2. The lowest BCUT2D eigenvalue weighted by atomic mass is 10.1. The van der Waals surface area contributed by atoms with Crippen LogP contribution in [0.4, 0.5) is 5.95 Å². The third kappa shape index (κ3) is 8.63. The molecule has 0 saturated carbocycles. The number of nitrogens with one attached hydrogen (secondary N) is 1. The lowest BCUT2D eigenvalue weighted by molar-refractivity contribution is -0.0502. The molecule has 1 saturated heterocycles. The molecule has 7 atom stereocenters. The lowest BCUT2D eigenvalue weighted by Gasteiger charge is -2.23. The highest BCUT2D eigenvalue weighted by Gasteiger charge is 2.51. The van der Waals surface area contributed by atoms with E-state index in [2.05, 4.69) is 36.7 Å². The minimum absolute atomic E-state index is 0.234. The monoisotopic (exact) mass is 683 g/mol. The van der Waals surface area contributed by atoms with Crippen molar-refractivity contribution in [3.05, 3.63) is 16.7 Å². The number of fused-ring (bicyclic) bond motifs is 1. The Bertz CT molecular complexity index is 1560. The van der Waals surface area contributed by atoms with Crippen molar-refractivity contribution in [2.75, 3.05) is 12.3 Å². The van der Waals surface area contributed by atoms with Crippen molar-refractivity contribution < 1.29 is 88.9 Å². The van der Waals surface area contributed by atoms with Crippen LogP contribution in [0.3, 0.4) is 0 Å². The van der Waals surface area contributed by atoms with Crippen molar-refractivity contribution in [3.63, 3.8) is 0 Å². The van der Waals surface area contributed by atoms with Gasteiger partial charge in [-0.05, 0) is 0 Å². The van der Waals surface area contributed by atoms with Crippen LogP contribution in [0.25, 0.3) is 11.2 Å². The maximum atomic E-state index is 12.7. The summed E-state index contributed by atoms with van der Waals surface area (Å²) in [5.74, 6) is -0.367. The van der Waals surface area contributed by atoms with Crippen LogP contribution in [0.1, 0.15) is 6.23 Å². The third-order valence-corrected chi connectivity index (χ3v) is 11.4. The summed E-state index contributed by atoms with van der Waals surface area (Å²) < 4.78 is 83.1. The second-order valence-corrected chi connectivity index (χ2v) is 14.9. The minimum Gasteiger partial charge on any atom is -0.387 e. The smallest absolute Gasteiger partial charge is 0.387 e. The minimum atomic E-state index is -6.34. The van der Waals surface area contributed by atoms with E-state index in [1.54, 1.807) is 0 Å². The van der Waals surface area contributed by atoms with Crippen molar-refractivity contribution in [1.29, 1.82) is 0 Å². The number of nitrogens with zero attached hydrogens (tertiary/aromatic N) is 3. The maximum Gasteiger partial charge on any atom is 0.492 e. The number of ether oxygens (including phenoxy) is 1. The van der Waals surface area contributed by atoms with Gasteiger partial charge >= 0.3 is 39.1 Å². The molecule has 25 nitrogen and oxygen atoms in total. The first-order chi connectivity index (χ1) is 18.0. The zero-order chi connectivity index (χ0) is 30.5. The topological polar surface area (TPSA) is 392 Å². The summed E-state index contributed by atoms with van der Waals surface area (Å²) >= 11 is 0. The molecule has 228 valence electrons. The van der Waals surface area contributed by atoms with Gasteiger partial charge in [0.1, 0.15) is 18.3 Å². The van der Waals surface area contributed by atoms with E-state index in [4.69, 9.17) is 34.9 Å². The molecule has 5 unspecified atom stereocenters. The summed E-state index contributed by atoms with van der Waals surface area (Å²) in [7, 11) is -30.4. The number of hydrogen-bond donors (Lipinski definition) is 10. The Morgan fingerprint density at radius 2 is 1.50 bits per heavy atom. The van der Waals surface area contributed by atoms with Crippen LogP contribution in [0.5, 0.6) is 0 Å². The van der Waals surface area contributed by atoms with Crippen molar-refractivity contribution >= 4 is 56.2 Å². The van der Waals surface area contributed by atoms with Crippen molar-refractivity contribution in [2.45, 2.75) is 24.5 Å². The van der Waals surface area contributed by atoms with Gasteiger partial charge < -0.3 is 50.0 Å². The number of nitrogens with two attached hydrogens (primary N) is 1. The molecular formula is C10H18N5O20P5. The standard InChI is InChI=1S/C10H18N5O20P5/c11-10-13-7-4(8(18)14-10)12-2-15(7)9-6(17)5(16)3(31-9)1-30-40(29,33-37(22,23)24)35-39(27,28)34-38(25,26)32-36(19,20)21/h2-3,5-6,9,16-17H,1H2,(H,25,26)(H,27,28)(H2,19,20,21)(H2,22,23,24)(H3,11,13,14,18)/t3-,5?,6?,9-,40?/m1/s1. The second-order valence-electron chi connectivity index (χ2n) is 7.31. The molecule has 1 aliphatic rings. The predicted octanol–water partition coefficient (Wildman–Crippen LogP) is -2.10. The number of imidazole rings is 1. The number of aromatic nitrogens is 4. The van der Waals surface area contributed by atoms with Crippen molar-refractivity contribution in [3.8, 4) is 0 Å². The quantitative estimate of drug-likeness (QED) is 0.107. The summed E-state index contributed by atoms with van der Waals surface area (Å²) in [6, 6.07) is 0. The predicted molar refractivity (Wildman–Crippen MR) is 120 cm³/mol. The van der Waals surface area contributed by atoms with Gasteiger partial charge in [0.15, 0.2) is 17.4 Å². The number of hydrogen-bond acceptors (Lipinski definition) is 17. The fraction of sp³-hybridized carbons (Fsp3) is 0.500. The molecule has 11 N–H and O–H groups in total. The molecule has 0 aliphatic carbocycles. The number of aromatic amines is 1. The van der Waals surface area contributed by atoms with Crippen molar-refractivity contribution in [1.82, 2.24) is 19.5 Å². The Morgan fingerprint density at radius 1 is 0.925 bits per heavy atom. The van der Waals surface area contributed by atoms with E-state index >= 15 is 0 Å². The Balaban J connectivity index is 1.81. The molecule has 1 aliphatic heterocycles. The maximum absolute atomic E-state index is 12.7. The SMILES string of the molecule is Nc1nc2c(ncn2[C@@H]2O[C@H](COP(=O)(OP(=O)(O)O)OP(=O)(O)OP(=O)(O)OP(=O)(O)O)C(O)C2O)c(=O)[nH]1. The van der Waals surface area contributed by atoms with Gasteiger partial charge in [0.25, 0.3) is 5.56 Å². The normalized spacial score (nSPS) is 26.8. The second kappa shape index (κ2) is 11.4. The van der Waals surface area contributed by atoms with Crippen LogP contribution in [0.2, 0.25) is 0 Å². The van der Waals surface area contributed by atoms with Crippen LogP contribution < -0.4 is 11.3 Å². The zero-order valence-electron chi connectivity index (χ0n) is 18.7. The van der Waals surface area contributed by atoms with Crippen LogP contribution in [0.15, 0.2) is 11.1 Å². The molecule has 3 heterocycles. The molecule has 30 heteroatoms. The fourth-order valence-corrected chi connectivity index (χ4v) is 9.04. The Labute approximate surface area is 218 Å². The molecule has 0 spiro atoms. The van der Waals surface area contributed by atoms with Crippen LogP contribution in [0, 0.1) is 0 Å². The highest BCUT2D eigenvalue weighted by molar-refractivity contribution is 7.71. The molecular weight excluding hydrogens is 665 g/mol.